The molecular weight excluding hydrogens is 166 g/mol. The number of anilines is 1. The van der Waals surface area contributed by atoms with Crippen molar-refractivity contribution in [3.63, 3.8) is 0 Å². The minimum absolute atomic E-state index is 0.453. The fourth-order valence-corrected chi connectivity index (χ4v) is 1.31. The highest BCUT2D eigenvalue weighted by atomic mass is 15.1. The molecule has 0 bridgehead atoms. The molecular formula is C8H11N5. The number of nitrogens with zero attached hydrogens (tertiary/aromatic N) is 4. The standard InChI is InChI=1S/C8H11N5/c1-3-13-4-10-6-7(9)11-5(2)12-8(6)13/h4H,3H2,1-2H3,(H2,9,11,12). The summed E-state index contributed by atoms with van der Waals surface area (Å²) < 4.78 is 1.94. The molecule has 2 aromatic rings. The van der Waals surface area contributed by atoms with Gasteiger partial charge < -0.3 is 10.3 Å². The summed E-state index contributed by atoms with van der Waals surface area (Å²) in [6.07, 6.45) is 1.73. The Hall–Kier alpha value is -1.65. The highest BCUT2D eigenvalue weighted by molar-refractivity contribution is 5.81. The van der Waals surface area contributed by atoms with E-state index >= 15 is 0 Å². The van der Waals surface area contributed by atoms with Crippen LogP contribution in [0, 0.1) is 6.92 Å². The van der Waals surface area contributed by atoms with Crippen LogP contribution in [0.1, 0.15) is 12.7 Å². The maximum absolute atomic E-state index is 5.70. The zero-order valence-electron chi connectivity index (χ0n) is 7.65. The third kappa shape index (κ3) is 1.12. The Bertz CT molecular complexity index is 445. The number of imidazole rings is 1. The summed E-state index contributed by atoms with van der Waals surface area (Å²) in [5.74, 6) is 1.13. The van der Waals surface area contributed by atoms with E-state index in [9.17, 15) is 0 Å². The average molecular weight is 177 g/mol. The van der Waals surface area contributed by atoms with Crippen LogP contribution in [-0.4, -0.2) is 19.5 Å². The van der Waals surface area contributed by atoms with Gasteiger partial charge in [0.1, 0.15) is 11.3 Å². The van der Waals surface area contributed by atoms with Crippen molar-refractivity contribution in [3.8, 4) is 0 Å². The van der Waals surface area contributed by atoms with Crippen molar-refractivity contribution in [2.75, 3.05) is 5.73 Å². The SMILES string of the molecule is CCn1cnc2c(N)nc(C)nc21. The van der Waals surface area contributed by atoms with Crippen LogP contribution in [0.3, 0.4) is 0 Å². The first kappa shape index (κ1) is 7.97. The molecule has 0 unspecified atom stereocenters. The highest BCUT2D eigenvalue weighted by Crippen LogP contribution is 2.15. The zero-order valence-corrected chi connectivity index (χ0v) is 7.65. The van der Waals surface area contributed by atoms with Gasteiger partial charge in [-0.2, -0.15) is 0 Å². The molecule has 0 saturated heterocycles. The molecule has 2 heterocycles. The van der Waals surface area contributed by atoms with Crippen LogP contribution < -0.4 is 5.73 Å². The second kappa shape index (κ2) is 2.69. The van der Waals surface area contributed by atoms with Gasteiger partial charge in [0.05, 0.1) is 6.33 Å². The van der Waals surface area contributed by atoms with Crippen molar-refractivity contribution < 1.29 is 0 Å². The summed E-state index contributed by atoms with van der Waals surface area (Å²) in [7, 11) is 0. The second-order valence-electron chi connectivity index (χ2n) is 2.86. The molecule has 0 aliphatic heterocycles. The van der Waals surface area contributed by atoms with E-state index in [-0.39, 0.29) is 0 Å². The van der Waals surface area contributed by atoms with Gasteiger partial charge in [0, 0.05) is 6.54 Å². The molecule has 0 atom stereocenters. The lowest BCUT2D eigenvalue weighted by molar-refractivity contribution is 0.775. The van der Waals surface area contributed by atoms with E-state index in [1.54, 1.807) is 6.33 Å². The van der Waals surface area contributed by atoms with E-state index in [2.05, 4.69) is 15.0 Å². The van der Waals surface area contributed by atoms with E-state index in [1.807, 2.05) is 18.4 Å². The van der Waals surface area contributed by atoms with Gasteiger partial charge in [-0.15, -0.1) is 0 Å². The normalized spacial score (nSPS) is 10.9. The van der Waals surface area contributed by atoms with Crippen LogP contribution in [-0.2, 0) is 6.54 Å². The summed E-state index contributed by atoms with van der Waals surface area (Å²) in [5.41, 5.74) is 7.20. The first-order valence-corrected chi connectivity index (χ1v) is 4.17. The third-order valence-electron chi connectivity index (χ3n) is 1.94. The van der Waals surface area contributed by atoms with Crippen molar-refractivity contribution >= 4 is 17.0 Å². The fraction of sp³-hybridized carbons (Fsp3) is 0.375. The number of aromatic nitrogens is 4. The first-order valence-electron chi connectivity index (χ1n) is 4.17. The molecule has 2 N–H and O–H groups in total. The van der Waals surface area contributed by atoms with Gasteiger partial charge in [-0.25, -0.2) is 15.0 Å². The number of aryl methyl sites for hydroxylation is 2. The van der Waals surface area contributed by atoms with Crippen molar-refractivity contribution in [1.82, 2.24) is 19.5 Å². The van der Waals surface area contributed by atoms with Gasteiger partial charge in [0.25, 0.3) is 0 Å². The number of fused-ring (bicyclic) bond motifs is 1. The predicted molar refractivity (Wildman–Crippen MR) is 50.1 cm³/mol. The van der Waals surface area contributed by atoms with Crippen LogP contribution in [0.4, 0.5) is 5.82 Å². The first-order chi connectivity index (χ1) is 6.22. The Morgan fingerprint density at radius 2 is 2.23 bits per heavy atom. The van der Waals surface area contributed by atoms with Crippen LogP contribution in [0.25, 0.3) is 11.2 Å². The van der Waals surface area contributed by atoms with Crippen LogP contribution >= 0.6 is 0 Å². The Morgan fingerprint density at radius 1 is 1.46 bits per heavy atom. The molecule has 0 saturated carbocycles. The monoisotopic (exact) mass is 177 g/mol. The molecule has 0 amide bonds. The van der Waals surface area contributed by atoms with E-state index in [0.717, 1.165) is 12.2 Å². The summed E-state index contributed by atoms with van der Waals surface area (Å²) >= 11 is 0. The van der Waals surface area contributed by atoms with Crippen molar-refractivity contribution in [1.29, 1.82) is 0 Å². The second-order valence-corrected chi connectivity index (χ2v) is 2.86. The molecule has 13 heavy (non-hydrogen) atoms. The molecule has 5 nitrogen and oxygen atoms in total. The van der Waals surface area contributed by atoms with Gasteiger partial charge in [0.15, 0.2) is 11.5 Å². The summed E-state index contributed by atoms with van der Waals surface area (Å²) in [6, 6.07) is 0. The number of nitrogens with two attached hydrogens (primary N) is 1. The Kier molecular flexibility index (Phi) is 1.65. The molecule has 0 aliphatic carbocycles. The van der Waals surface area contributed by atoms with Crippen molar-refractivity contribution in [3.05, 3.63) is 12.2 Å². The number of nitrogen functional groups attached to an aromatic ring is 1. The largest absolute Gasteiger partial charge is 0.382 e. The maximum Gasteiger partial charge on any atom is 0.165 e. The predicted octanol–water partition coefficient (Wildman–Crippen LogP) is 0.737. The van der Waals surface area contributed by atoms with Crippen LogP contribution in [0.2, 0.25) is 0 Å². The third-order valence-corrected chi connectivity index (χ3v) is 1.94. The Balaban J connectivity index is 2.82. The van der Waals surface area contributed by atoms with E-state index in [0.29, 0.717) is 17.2 Å². The number of rotatable bonds is 1. The maximum atomic E-state index is 5.70. The summed E-state index contributed by atoms with van der Waals surface area (Å²) in [5, 5.41) is 0. The van der Waals surface area contributed by atoms with E-state index < -0.39 is 0 Å². The zero-order chi connectivity index (χ0) is 9.42. The Labute approximate surface area is 75.6 Å². The number of hydrogen-bond donors (Lipinski definition) is 1. The minimum Gasteiger partial charge on any atom is -0.382 e. The molecule has 0 fully saturated rings. The lowest BCUT2D eigenvalue weighted by atomic mass is 10.5. The number of hydrogen-bond acceptors (Lipinski definition) is 4. The lowest BCUT2D eigenvalue weighted by Gasteiger charge is -1.99. The fourth-order valence-electron chi connectivity index (χ4n) is 1.31. The minimum atomic E-state index is 0.453. The summed E-state index contributed by atoms with van der Waals surface area (Å²) in [4.78, 5) is 12.5. The van der Waals surface area contributed by atoms with Gasteiger partial charge >= 0.3 is 0 Å². The van der Waals surface area contributed by atoms with E-state index in [1.165, 1.54) is 0 Å². The summed E-state index contributed by atoms with van der Waals surface area (Å²) in [6.45, 7) is 4.70. The van der Waals surface area contributed by atoms with Crippen LogP contribution in [0.15, 0.2) is 6.33 Å². The average Bonchev–Trinajstić information content (AvgIpc) is 2.47. The lowest BCUT2D eigenvalue weighted by Crippen LogP contribution is -2.00. The van der Waals surface area contributed by atoms with Crippen molar-refractivity contribution in [2.45, 2.75) is 20.4 Å². The molecule has 2 aromatic heterocycles. The van der Waals surface area contributed by atoms with Gasteiger partial charge in [-0.1, -0.05) is 0 Å². The quantitative estimate of drug-likeness (QED) is 0.697. The molecule has 0 aromatic carbocycles. The molecule has 5 heteroatoms. The highest BCUT2D eigenvalue weighted by Gasteiger charge is 2.07. The van der Waals surface area contributed by atoms with E-state index in [4.69, 9.17) is 5.73 Å². The molecule has 68 valence electrons. The smallest absolute Gasteiger partial charge is 0.165 e. The van der Waals surface area contributed by atoms with Gasteiger partial charge in [-0.05, 0) is 13.8 Å². The van der Waals surface area contributed by atoms with Gasteiger partial charge in [0.2, 0.25) is 0 Å². The topological polar surface area (TPSA) is 69.6 Å². The molecule has 0 spiro atoms. The van der Waals surface area contributed by atoms with Gasteiger partial charge in [-0.3, -0.25) is 0 Å². The molecule has 2 rings (SSSR count). The molecule has 0 aliphatic rings. The molecule has 0 radical (unpaired) electrons. The Morgan fingerprint density at radius 3 is 2.92 bits per heavy atom. The van der Waals surface area contributed by atoms with Crippen molar-refractivity contribution in [2.24, 2.45) is 0 Å². The van der Waals surface area contributed by atoms with Crippen LogP contribution in [0.5, 0.6) is 0 Å².